The van der Waals surface area contributed by atoms with Crippen molar-refractivity contribution >= 4 is 0 Å². The predicted octanol–water partition coefficient (Wildman–Crippen LogP) is 1.89. The molecule has 1 aromatic heterocycles. The Bertz CT molecular complexity index is 358. The zero-order chi connectivity index (χ0) is 13.0. The fourth-order valence-corrected chi connectivity index (χ4v) is 2.74. The molecule has 1 aliphatic carbocycles. The minimum absolute atomic E-state index is 0.300. The molecule has 0 radical (unpaired) electrons. The van der Waals surface area contributed by atoms with Crippen LogP contribution in [-0.4, -0.2) is 28.3 Å². The second-order valence-electron chi connectivity index (χ2n) is 5.40. The fraction of sp³-hybridized carbons (Fsp3) is 0.786. The van der Waals surface area contributed by atoms with Gasteiger partial charge in [0.1, 0.15) is 5.82 Å². The van der Waals surface area contributed by atoms with E-state index in [0.29, 0.717) is 12.1 Å². The van der Waals surface area contributed by atoms with Gasteiger partial charge in [0.25, 0.3) is 0 Å². The van der Waals surface area contributed by atoms with Crippen molar-refractivity contribution in [2.75, 3.05) is 6.61 Å². The van der Waals surface area contributed by atoms with E-state index >= 15 is 0 Å². The lowest BCUT2D eigenvalue weighted by Crippen LogP contribution is -2.36. The van der Waals surface area contributed by atoms with Gasteiger partial charge in [-0.2, -0.15) is 0 Å². The third kappa shape index (κ3) is 3.56. The molecule has 0 aromatic carbocycles. The summed E-state index contributed by atoms with van der Waals surface area (Å²) in [5.41, 5.74) is 6.19. The van der Waals surface area contributed by atoms with Crippen LogP contribution >= 0.6 is 0 Å². The number of rotatable bonds is 7. The number of aromatic nitrogens is 2. The molecule has 1 aliphatic rings. The first-order valence-electron chi connectivity index (χ1n) is 7.02. The Kier molecular flexibility index (Phi) is 4.78. The largest absolute Gasteiger partial charge is 0.378 e. The first-order chi connectivity index (χ1) is 8.69. The van der Waals surface area contributed by atoms with Crippen molar-refractivity contribution in [2.45, 2.75) is 51.2 Å². The summed E-state index contributed by atoms with van der Waals surface area (Å²) in [5.74, 6) is 1.91. The van der Waals surface area contributed by atoms with E-state index in [4.69, 9.17) is 10.5 Å². The maximum Gasteiger partial charge on any atom is 0.108 e. The molecule has 1 saturated carbocycles. The zero-order valence-corrected chi connectivity index (χ0v) is 11.5. The Morgan fingerprint density at radius 1 is 1.56 bits per heavy atom. The SMILES string of the molecule is CCOC1CC(CC(N)CCc2nccn2C)C1. The van der Waals surface area contributed by atoms with Crippen LogP contribution in [0.2, 0.25) is 0 Å². The average molecular weight is 251 g/mol. The molecule has 1 aromatic rings. The first kappa shape index (κ1) is 13.6. The van der Waals surface area contributed by atoms with Gasteiger partial charge < -0.3 is 15.0 Å². The van der Waals surface area contributed by atoms with Crippen LogP contribution < -0.4 is 5.73 Å². The van der Waals surface area contributed by atoms with Gasteiger partial charge in [-0.15, -0.1) is 0 Å². The quantitative estimate of drug-likeness (QED) is 0.805. The standard InChI is InChI=1S/C14H25N3O/c1-3-18-13-9-11(10-13)8-12(15)4-5-14-16-6-7-17(14)2/h6-7,11-13H,3-5,8-10,15H2,1-2H3. The second-order valence-corrected chi connectivity index (χ2v) is 5.40. The lowest BCUT2D eigenvalue weighted by Gasteiger charge is -2.36. The molecule has 0 spiro atoms. The second kappa shape index (κ2) is 6.34. The highest BCUT2D eigenvalue weighted by Gasteiger charge is 2.30. The molecule has 1 fully saturated rings. The average Bonchev–Trinajstić information content (AvgIpc) is 2.69. The molecule has 1 unspecified atom stereocenters. The maximum absolute atomic E-state index is 6.19. The van der Waals surface area contributed by atoms with Crippen molar-refractivity contribution in [1.29, 1.82) is 0 Å². The van der Waals surface area contributed by atoms with Gasteiger partial charge in [0, 0.05) is 38.5 Å². The van der Waals surface area contributed by atoms with Crippen LogP contribution in [0.1, 0.15) is 38.4 Å². The summed E-state index contributed by atoms with van der Waals surface area (Å²) in [6.07, 6.45) is 9.87. The van der Waals surface area contributed by atoms with Crippen molar-refractivity contribution in [1.82, 2.24) is 9.55 Å². The predicted molar refractivity (Wildman–Crippen MR) is 72.3 cm³/mol. The molecule has 2 N–H and O–H groups in total. The van der Waals surface area contributed by atoms with Crippen molar-refractivity contribution < 1.29 is 4.74 Å². The van der Waals surface area contributed by atoms with Crippen molar-refractivity contribution in [3.8, 4) is 0 Å². The van der Waals surface area contributed by atoms with E-state index in [9.17, 15) is 0 Å². The van der Waals surface area contributed by atoms with Crippen LogP contribution in [0, 0.1) is 5.92 Å². The Balaban J connectivity index is 1.62. The molecule has 1 atom stereocenters. The number of ether oxygens (including phenoxy) is 1. The Hall–Kier alpha value is -0.870. The van der Waals surface area contributed by atoms with Gasteiger partial charge in [-0.05, 0) is 38.5 Å². The lowest BCUT2D eigenvalue weighted by molar-refractivity contribution is -0.0282. The first-order valence-corrected chi connectivity index (χ1v) is 7.02. The lowest BCUT2D eigenvalue weighted by atomic mass is 9.78. The molecule has 4 nitrogen and oxygen atoms in total. The minimum Gasteiger partial charge on any atom is -0.378 e. The summed E-state index contributed by atoms with van der Waals surface area (Å²) >= 11 is 0. The molecule has 0 aliphatic heterocycles. The van der Waals surface area contributed by atoms with Gasteiger partial charge >= 0.3 is 0 Å². The Morgan fingerprint density at radius 3 is 2.94 bits per heavy atom. The summed E-state index contributed by atoms with van der Waals surface area (Å²) < 4.78 is 7.64. The van der Waals surface area contributed by atoms with Crippen molar-refractivity contribution in [3.05, 3.63) is 18.2 Å². The molecule has 4 heteroatoms. The highest BCUT2D eigenvalue weighted by molar-refractivity contribution is 4.92. The van der Waals surface area contributed by atoms with Gasteiger partial charge in [-0.25, -0.2) is 4.98 Å². The van der Waals surface area contributed by atoms with Gasteiger partial charge in [-0.1, -0.05) is 0 Å². The van der Waals surface area contributed by atoms with Gasteiger partial charge in [0.2, 0.25) is 0 Å². The van der Waals surface area contributed by atoms with Gasteiger partial charge in [-0.3, -0.25) is 0 Å². The summed E-state index contributed by atoms with van der Waals surface area (Å²) in [6.45, 7) is 2.90. The van der Waals surface area contributed by atoms with E-state index in [2.05, 4.69) is 16.5 Å². The van der Waals surface area contributed by atoms with Crippen LogP contribution in [0.5, 0.6) is 0 Å². The highest BCUT2D eigenvalue weighted by atomic mass is 16.5. The molecular formula is C14H25N3O. The number of imidazole rings is 1. The molecular weight excluding hydrogens is 226 g/mol. The van der Waals surface area contributed by atoms with Gasteiger partial charge in [0.05, 0.1) is 6.10 Å². The van der Waals surface area contributed by atoms with Crippen LogP contribution in [0.25, 0.3) is 0 Å². The Labute approximate surface area is 110 Å². The van der Waals surface area contributed by atoms with Crippen LogP contribution in [-0.2, 0) is 18.2 Å². The van der Waals surface area contributed by atoms with E-state index in [1.54, 1.807) is 0 Å². The zero-order valence-electron chi connectivity index (χ0n) is 11.5. The molecule has 1 heterocycles. The normalized spacial score (nSPS) is 24.8. The fourth-order valence-electron chi connectivity index (χ4n) is 2.74. The number of nitrogens with zero attached hydrogens (tertiary/aromatic N) is 2. The third-order valence-electron chi connectivity index (χ3n) is 3.89. The third-order valence-corrected chi connectivity index (χ3v) is 3.89. The maximum atomic E-state index is 6.19. The summed E-state index contributed by atoms with van der Waals surface area (Å²) in [6, 6.07) is 0.300. The topological polar surface area (TPSA) is 53.1 Å². The molecule has 2 rings (SSSR count). The molecule has 102 valence electrons. The molecule has 18 heavy (non-hydrogen) atoms. The summed E-state index contributed by atoms with van der Waals surface area (Å²) in [5, 5.41) is 0. The minimum atomic E-state index is 0.300. The molecule has 0 bridgehead atoms. The van der Waals surface area contributed by atoms with Crippen LogP contribution in [0.4, 0.5) is 0 Å². The molecule has 0 saturated heterocycles. The van der Waals surface area contributed by atoms with E-state index in [0.717, 1.165) is 37.6 Å². The van der Waals surface area contributed by atoms with E-state index in [1.807, 2.05) is 19.4 Å². The summed E-state index contributed by atoms with van der Waals surface area (Å²) in [7, 11) is 2.03. The monoisotopic (exact) mass is 251 g/mol. The van der Waals surface area contributed by atoms with Crippen LogP contribution in [0.15, 0.2) is 12.4 Å². The van der Waals surface area contributed by atoms with E-state index in [1.165, 1.54) is 12.8 Å². The number of hydrogen-bond acceptors (Lipinski definition) is 3. The molecule has 0 amide bonds. The number of nitrogens with two attached hydrogens (primary N) is 1. The smallest absolute Gasteiger partial charge is 0.108 e. The van der Waals surface area contributed by atoms with E-state index < -0.39 is 0 Å². The number of hydrogen-bond donors (Lipinski definition) is 1. The van der Waals surface area contributed by atoms with E-state index in [-0.39, 0.29) is 0 Å². The Morgan fingerprint density at radius 2 is 2.33 bits per heavy atom. The highest BCUT2D eigenvalue weighted by Crippen LogP contribution is 2.33. The van der Waals surface area contributed by atoms with Gasteiger partial charge in [0.15, 0.2) is 0 Å². The summed E-state index contributed by atoms with van der Waals surface area (Å²) in [4.78, 5) is 4.32. The number of aryl methyl sites for hydroxylation is 2. The van der Waals surface area contributed by atoms with Crippen molar-refractivity contribution in [2.24, 2.45) is 18.7 Å². The van der Waals surface area contributed by atoms with Crippen LogP contribution in [0.3, 0.4) is 0 Å². The van der Waals surface area contributed by atoms with Crippen molar-refractivity contribution in [3.63, 3.8) is 0 Å².